The molecule has 2 atom stereocenters. The molecule has 0 aromatic carbocycles. The second-order valence-corrected chi connectivity index (χ2v) is 14.4. The number of hydrogen-bond acceptors (Lipinski definition) is 2. The van der Waals surface area contributed by atoms with Gasteiger partial charge in [0, 0.05) is 6.42 Å². The Labute approximate surface area is 284 Å². The van der Waals surface area contributed by atoms with Gasteiger partial charge >= 0.3 is 0 Å². The first-order valence-electron chi connectivity index (χ1n) is 20.8. The molecule has 0 aliphatic rings. The van der Waals surface area contributed by atoms with Gasteiger partial charge in [-0.2, -0.15) is 0 Å². The van der Waals surface area contributed by atoms with E-state index in [1.54, 1.807) is 0 Å². The lowest BCUT2D eigenvalue weighted by molar-refractivity contribution is -0.122. The van der Waals surface area contributed by atoms with E-state index in [0.29, 0.717) is 6.42 Å². The number of allylic oxidation sites excluding steroid dienone is 1. The third-order valence-corrected chi connectivity index (χ3v) is 9.72. The number of carbonyl (C=O) groups is 1. The highest BCUT2D eigenvalue weighted by Gasteiger charge is 2.13. The first kappa shape index (κ1) is 44.2. The monoisotopic (exact) mass is 634 g/mol. The predicted molar refractivity (Wildman–Crippen MR) is 201 cm³/mol. The Kier molecular flexibility index (Phi) is 36.9. The van der Waals surface area contributed by atoms with Crippen LogP contribution in [0.4, 0.5) is 0 Å². The van der Waals surface area contributed by atoms with Crippen molar-refractivity contribution >= 4 is 5.91 Å². The van der Waals surface area contributed by atoms with Gasteiger partial charge in [-0.05, 0) is 26.2 Å². The van der Waals surface area contributed by atoms with Gasteiger partial charge < -0.3 is 10.4 Å². The first-order valence-corrected chi connectivity index (χ1v) is 20.8. The molecule has 0 aliphatic heterocycles. The van der Waals surface area contributed by atoms with Crippen LogP contribution in [0.1, 0.15) is 239 Å². The number of carbonyl (C=O) groups excluding carboxylic acids is 1. The van der Waals surface area contributed by atoms with E-state index in [9.17, 15) is 9.90 Å². The summed E-state index contributed by atoms with van der Waals surface area (Å²) in [4.78, 5) is 12.3. The maximum Gasteiger partial charge on any atom is 0.220 e. The fourth-order valence-electron chi connectivity index (χ4n) is 6.46. The molecule has 0 aliphatic carbocycles. The van der Waals surface area contributed by atoms with Crippen molar-refractivity contribution in [2.45, 2.75) is 251 Å². The van der Waals surface area contributed by atoms with E-state index in [4.69, 9.17) is 0 Å². The zero-order chi connectivity index (χ0) is 32.9. The van der Waals surface area contributed by atoms with E-state index in [1.807, 2.05) is 13.0 Å². The van der Waals surface area contributed by atoms with Crippen LogP contribution in [0.5, 0.6) is 0 Å². The van der Waals surface area contributed by atoms with Crippen molar-refractivity contribution in [3.05, 3.63) is 12.2 Å². The Morgan fingerprint density at radius 3 is 1.11 bits per heavy atom. The third kappa shape index (κ3) is 35.9. The smallest absolute Gasteiger partial charge is 0.220 e. The molecule has 0 heterocycles. The zero-order valence-electron chi connectivity index (χ0n) is 31.2. The summed E-state index contributed by atoms with van der Waals surface area (Å²) in [6.07, 6.45) is 48.8. The molecule has 0 aromatic heterocycles. The number of aliphatic hydroxyl groups is 1. The summed E-state index contributed by atoms with van der Waals surface area (Å²) in [5, 5.41) is 13.4. The van der Waals surface area contributed by atoms with Crippen molar-refractivity contribution in [1.82, 2.24) is 5.32 Å². The Morgan fingerprint density at radius 1 is 0.489 bits per heavy atom. The number of hydrogen-bond donors (Lipinski definition) is 2. The standard InChI is InChI=1S/C42H83NO2/c1-4-6-8-10-12-14-16-18-19-20-21-22-23-24-25-27-29-31-33-35-37-39-42(45)43-40(3)41(44)38-36-34-32-30-28-26-17-15-13-11-9-7-5-2/h36,38,40-41,44H,4-35,37,39H2,1-3H3,(H,43,45)/b38-36+/t40-,41+/m0/s1. The summed E-state index contributed by atoms with van der Waals surface area (Å²) < 4.78 is 0. The van der Waals surface area contributed by atoms with Crippen molar-refractivity contribution in [3.63, 3.8) is 0 Å². The molecule has 0 saturated carbocycles. The molecule has 0 spiro atoms. The van der Waals surface area contributed by atoms with Crippen LogP contribution in [-0.2, 0) is 4.79 Å². The molecule has 0 rings (SSSR count). The molecule has 0 unspecified atom stereocenters. The van der Waals surface area contributed by atoms with Crippen LogP contribution >= 0.6 is 0 Å². The number of amides is 1. The molecule has 45 heavy (non-hydrogen) atoms. The highest BCUT2D eigenvalue weighted by molar-refractivity contribution is 5.76. The molecular formula is C42H83NO2. The molecule has 1 amide bonds. The molecule has 0 radical (unpaired) electrons. The van der Waals surface area contributed by atoms with Gasteiger partial charge in [0.25, 0.3) is 0 Å². The molecule has 0 bridgehead atoms. The number of nitrogens with one attached hydrogen (secondary N) is 1. The van der Waals surface area contributed by atoms with Crippen LogP contribution in [-0.4, -0.2) is 23.2 Å². The number of unbranched alkanes of at least 4 members (excludes halogenated alkanes) is 31. The van der Waals surface area contributed by atoms with E-state index < -0.39 is 6.10 Å². The van der Waals surface area contributed by atoms with Gasteiger partial charge in [-0.25, -0.2) is 0 Å². The average molecular weight is 634 g/mol. The lowest BCUT2D eigenvalue weighted by Crippen LogP contribution is -2.40. The first-order chi connectivity index (χ1) is 22.1. The summed E-state index contributed by atoms with van der Waals surface area (Å²) in [7, 11) is 0. The van der Waals surface area contributed by atoms with Gasteiger partial charge in [0.1, 0.15) is 0 Å². The fraction of sp³-hybridized carbons (Fsp3) is 0.929. The average Bonchev–Trinajstić information content (AvgIpc) is 3.03. The number of rotatable bonds is 37. The van der Waals surface area contributed by atoms with Crippen LogP contribution in [0, 0.1) is 0 Å². The van der Waals surface area contributed by atoms with Gasteiger partial charge in [-0.3, -0.25) is 4.79 Å². The zero-order valence-corrected chi connectivity index (χ0v) is 31.2. The third-order valence-electron chi connectivity index (χ3n) is 9.72. The molecule has 0 aromatic rings. The van der Waals surface area contributed by atoms with Crippen LogP contribution in [0.15, 0.2) is 12.2 Å². The van der Waals surface area contributed by atoms with E-state index in [0.717, 1.165) is 19.3 Å². The molecule has 3 heteroatoms. The van der Waals surface area contributed by atoms with Gasteiger partial charge in [0.05, 0.1) is 12.1 Å². The summed E-state index contributed by atoms with van der Waals surface area (Å²) in [6, 6.07) is -0.221. The minimum absolute atomic E-state index is 0.0816. The topological polar surface area (TPSA) is 49.3 Å². The van der Waals surface area contributed by atoms with Gasteiger partial charge in [-0.15, -0.1) is 0 Å². The summed E-state index contributed by atoms with van der Waals surface area (Å²) >= 11 is 0. The maximum atomic E-state index is 12.3. The molecule has 268 valence electrons. The van der Waals surface area contributed by atoms with Crippen LogP contribution in [0.25, 0.3) is 0 Å². The van der Waals surface area contributed by atoms with Crippen LogP contribution in [0.2, 0.25) is 0 Å². The predicted octanol–water partition coefficient (Wildman–Crippen LogP) is 13.7. The van der Waals surface area contributed by atoms with Crippen molar-refractivity contribution < 1.29 is 9.90 Å². The van der Waals surface area contributed by atoms with Crippen LogP contribution in [0.3, 0.4) is 0 Å². The second-order valence-electron chi connectivity index (χ2n) is 14.4. The van der Waals surface area contributed by atoms with Crippen molar-refractivity contribution in [1.29, 1.82) is 0 Å². The van der Waals surface area contributed by atoms with E-state index in [2.05, 4.69) is 25.2 Å². The Morgan fingerprint density at radius 2 is 0.778 bits per heavy atom. The lowest BCUT2D eigenvalue weighted by atomic mass is 10.0. The normalized spacial score (nSPS) is 13.1. The Balaban J connectivity index is 3.41. The SMILES string of the molecule is CCCCCCCCCCCCC/C=C/[C@@H](O)[C@H](C)NC(=O)CCCCCCCCCCCCCCCCCCCCCCC. The highest BCUT2D eigenvalue weighted by Crippen LogP contribution is 2.16. The Hall–Kier alpha value is -0.830. The molecule has 0 saturated heterocycles. The second kappa shape index (κ2) is 37.6. The van der Waals surface area contributed by atoms with Gasteiger partial charge in [-0.1, -0.05) is 219 Å². The largest absolute Gasteiger partial charge is 0.387 e. The summed E-state index contributed by atoms with van der Waals surface area (Å²) in [5.74, 6) is 0.0816. The number of aliphatic hydroxyl groups excluding tert-OH is 1. The molecule has 0 fully saturated rings. The lowest BCUT2D eigenvalue weighted by Gasteiger charge is -2.17. The van der Waals surface area contributed by atoms with Gasteiger partial charge in [0.15, 0.2) is 0 Å². The molecule has 3 nitrogen and oxygen atoms in total. The Bertz CT molecular complexity index is 604. The summed E-state index contributed by atoms with van der Waals surface area (Å²) in [5.41, 5.74) is 0. The minimum atomic E-state index is -0.596. The van der Waals surface area contributed by atoms with Crippen LogP contribution < -0.4 is 5.32 Å². The van der Waals surface area contributed by atoms with Crippen molar-refractivity contribution in [2.75, 3.05) is 0 Å². The molecule has 2 N–H and O–H groups in total. The quantitative estimate of drug-likeness (QED) is 0.0528. The highest BCUT2D eigenvalue weighted by atomic mass is 16.3. The van der Waals surface area contributed by atoms with E-state index in [1.165, 1.54) is 193 Å². The van der Waals surface area contributed by atoms with Crippen molar-refractivity contribution in [3.8, 4) is 0 Å². The fourth-order valence-corrected chi connectivity index (χ4v) is 6.46. The van der Waals surface area contributed by atoms with Gasteiger partial charge in [0.2, 0.25) is 5.91 Å². The summed E-state index contributed by atoms with van der Waals surface area (Å²) in [6.45, 7) is 6.48. The van der Waals surface area contributed by atoms with Crippen molar-refractivity contribution in [2.24, 2.45) is 0 Å². The van der Waals surface area contributed by atoms with E-state index >= 15 is 0 Å². The van der Waals surface area contributed by atoms with E-state index in [-0.39, 0.29) is 11.9 Å². The molecular weight excluding hydrogens is 550 g/mol. The minimum Gasteiger partial charge on any atom is -0.387 e. The maximum absolute atomic E-state index is 12.3.